The van der Waals surface area contributed by atoms with Crippen LogP contribution >= 0.6 is 0 Å². The molecule has 10 nitrogen and oxygen atoms in total. The Morgan fingerprint density at radius 1 is 1.03 bits per heavy atom. The number of hydrogen-bond donors (Lipinski definition) is 1. The lowest BCUT2D eigenvalue weighted by atomic mass is 9.83. The number of benzene rings is 2. The van der Waals surface area contributed by atoms with Crippen molar-refractivity contribution in [2.24, 2.45) is 0 Å². The van der Waals surface area contributed by atoms with Gasteiger partial charge in [0, 0.05) is 44.2 Å². The number of carbonyl (C=O) groups excluding carboxylic acids is 3. The van der Waals surface area contributed by atoms with E-state index in [-0.39, 0.29) is 24.0 Å². The van der Waals surface area contributed by atoms with Gasteiger partial charge >= 0.3 is 11.9 Å². The third kappa shape index (κ3) is 4.27. The highest BCUT2D eigenvalue weighted by Gasteiger charge is 2.47. The van der Waals surface area contributed by atoms with Gasteiger partial charge in [-0.25, -0.2) is 14.6 Å². The fourth-order valence-corrected chi connectivity index (χ4v) is 5.35. The Morgan fingerprint density at radius 2 is 1.77 bits per heavy atom. The molecule has 198 valence electrons. The number of ether oxygens (including phenoxy) is 2. The molecule has 39 heavy (non-hydrogen) atoms. The SMILES string of the molecule is CCOC(=O)c1cnn2c(NCc3ccccc3)c(C(=O)N3CCC4(CC3)OC(=O)c3ccccc34)cnc12. The van der Waals surface area contributed by atoms with E-state index in [1.54, 1.807) is 17.9 Å². The Labute approximate surface area is 224 Å². The smallest absolute Gasteiger partial charge is 0.343 e. The molecule has 2 aromatic carbocycles. The largest absolute Gasteiger partial charge is 0.462 e. The number of esters is 2. The van der Waals surface area contributed by atoms with Crippen molar-refractivity contribution in [2.45, 2.75) is 31.9 Å². The van der Waals surface area contributed by atoms with Crippen LogP contribution in [0, 0.1) is 0 Å². The number of hydrogen-bond acceptors (Lipinski definition) is 8. The van der Waals surface area contributed by atoms with Gasteiger partial charge in [-0.05, 0) is 18.6 Å². The molecule has 1 N–H and O–H groups in total. The zero-order valence-corrected chi connectivity index (χ0v) is 21.4. The van der Waals surface area contributed by atoms with Gasteiger partial charge in [-0.15, -0.1) is 0 Å². The van der Waals surface area contributed by atoms with Crippen LogP contribution in [-0.2, 0) is 21.6 Å². The zero-order chi connectivity index (χ0) is 27.0. The molecular formula is C29H27N5O5. The molecule has 0 saturated carbocycles. The summed E-state index contributed by atoms with van der Waals surface area (Å²) in [6, 6.07) is 17.2. The molecule has 2 aliphatic heterocycles. The van der Waals surface area contributed by atoms with E-state index in [1.165, 1.54) is 16.9 Å². The molecule has 0 aliphatic carbocycles. The molecule has 1 fully saturated rings. The van der Waals surface area contributed by atoms with Gasteiger partial charge in [0.15, 0.2) is 5.65 Å². The summed E-state index contributed by atoms with van der Waals surface area (Å²) in [5.74, 6) is -0.632. The van der Waals surface area contributed by atoms with Gasteiger partial charge in [0.05, 0.1) is 18.4 Å². The Hall–Kier alpha value is -4.73. The van der Waals surface area contributed by atoms with Crippen LogP contribution in [0.3, 0.4) is 0 Å². The summed E-state index contributed by atoms with van der Waals surface area (Å²) in [5, 5.41) is 7.71. The van der Waals surface area contributed by atoms with Crippen molar-refractivity contribution >= 4 is 29.3 Å². The molecule has 1 spiro atoms. The van der Waals surface area contributed by atoms with Crippen molar-refractivity contribution in [3.05, 3.63) is 94.8 Å². The predicted octanol–water partition coefficient (Wildman–Crippen LogP) is 3.82. The van der Waals surface area contributed by atoms with Crippen LogP contribution in [0.15, 0.2) is 67.0 Å². The first-order valence-electron chi connectivity index (χ1n) is 12.9. The maximum atomic E-state index is 13.8. The highest BCUT2D eigenvalue weighted by atomic mass is 16.6. The number of likely N-dealkylation sites (tertiary alicyclic amines) is 1. The average molecular weight is 526 g/mol. The number of nitrogens with zero attached hydrogens (tertiary/aromatic N) is 4. The van der Waals surface area contributed by atoms with E-state index in [2.05, 4.69) is 15.4 Å². The van der Waals surface area contributed by atoms with Crippen LogP contribution in [0.5, 0.6) is 0 Å². The number of fused-ring (bicyclic) bond motifs is 3. The Balaban J connectivity index is 1.30. The Bertz CT molecular complexity index is 1570. The third-order valence-electron chi connectivity index (χ3n) is 7.34. The summed E-state index contributed by atoms with van der Waals surface area (Å²) in [6.45, 7) is 3.20. The number of nitrogens with one attached hydrogen (secondary N) is 1. The van der Waals surface area contributed by atoms with E-state index >= 15 is 0 Å². The second-order valence-electron chi connectivity index (χ2n) is 9.60. The lowest BCUT2D eigenvalue weighted by Crippen LogP contribution is -2.45. The van der Waals surface area contributed by atoms with Gasteiger partial charge in [0.2, 0.25) is 0 Å². The highest BCUT2D eigenvalue weighted by Crippen LogP contribution is 2.44. The minimum Gasteiger partial charge on any atom is -0.462 e. The van der Waals surface area contributed by atoms with Crippen LogP contribution in [0.25, 0.3) is 5.65 Å². The van der Waals surface area contributed by atoms with Gasteiger partial charge in [-0.3, -0.25) is 4.79 Å². The summed E-state index contributed by atoms with van der Waals surface area (Å²) in [4.78, 5) is 44.9. The fourth-order valence-electron chi connectivity index (χ4n) is 5.35. The van der Waals surface area contributed by atoms with Gasteiger partial charge in [0.1, 0.15) is 22.5 Å². The summed E-state index contributed by atoms with van der Waals surface area (Å²) < 4.78 is 12.5. The van der Waals surface area contributed by atoms with Crippen LogP contribution in [0.2, 0.25) is 0 Å². The van der Waals surface area contributed by atoms with Crippen LogP contribution in [0.1, 0.15) is 62.0 Å². The van der Waals surface area contributed by atoms with Crippen molar-refractivity contribution in [3.8, 4) is 0 Å². The summed E-state index contributed by atoms with van der Waals surface area (Å²) in [6.07, 6.45) is 3.88. The topological polar surface area (TPSA) is 115 Å². The van der Waals surface area contributed by atoms with E-state index < -0.39 is 11.6 Å². The Kier molecular flexibility index (Phi) is 6.22. The van der Waals surface area contributed by atoms with Crippen LogP contribution in [0.4, 0.5) is 5.82 Å². The monoisotopic (exact) mass is 525 g/mol. The zero-order valence-electron chi connectivity index (χ0n) is 21.4. The second kappa shape index (κ2) is 9.86. The first kappa shape index (κ1) is 24.6. The van der Waals surface area contributed by atoms with Crippen LogP contribution < -0.4 is 5.32 Å². The molecule has 2 aromatic heterocycles. The number of anilines is 1. The molecule has 1 amide bonds. The van der Waals surface area contributed by atoms with E-state index in [0.717, 1.165) is 11.1 Å². The van der Waals surface area contributed by atoms with Gasteiger partial charge < -0.3 is 19.7 Å². The molecule has 2 aliphatic rings. The number of piperidine rings is 1. The second-order valence-corrected chi connectivity index (χ2v) is 9.60. The minimum atomic E-state index is -0.711. The maximum Gasteiger partial charge on any atom is 0.343 e. The van der Waals surface area contributed by atoms with Gasteiger partial charge in [0.25, 0.3) is 5.91 Å². The Morgan fingerprint density at radius 3 is 2.54 bits per heavy atom. The lowest BCUT2D eigenvalue weighted by molar-refractivity contribution is -0.0389. The summed E-state index contributed by atoms with van der Waals surface area (Å²) in [7, 11) is 0. The van der Waals surface area contributed by atoms with Crippen molar-refractivity contribution in [3.63, 3.8) is 0 Å². The fraction of sp³-hybridized carbons (Fsp3) is 0.276. The number of rotatable bonds is 6. The van der Waals surface area contributed by atoms with E-state index in [0.29, 0.717) is 55.1 Å². The number of amides is 1. The molecule has 0 unspecified atom stereocenters. The molecule has 10 heteroatoms. The number of aromatic nitrogens is 3. The molecule has 0 atom stereocenters. The molecule has 4 heterocycles. The highest BCUT2D eigenvalue weighted by molar-refractivity contribution is 6.01. The van der Waals surface area contributed by atoms with Crippen LogP contribution in [-0.4, -0.2) is 57.0 Å². The maximum absolute atomic E-state index is 13.8. The predicted molar refractivity (Wildman–Crippen MR) is 141 cm³/mol. The lowest BCUT2D eigenvalue weighted by Gasteiger charge is -2.38. The third-order valence-corrected chi connectivity index (χ3v) is 7.34. The first-order valence-corrected chi connectivity index (χ1v) is 12.9. The molecule has 0 radical (unpaired) electrons. The van der Waals surface area contributed by atoms with Crippen molar-refractivity contribution < 1.29 is 23.9 Å². The normalized spacial score (nSPS) is 15.7. The quantitative estimate of drug-likeness (QED) is 0.378. The van der Waals surface area contributed by atoms with E-state index in [1.807, 2.05) is 48.5 Å². The number of carbonyl (C=O) groups is 3. The van der Waals surface area contributed by atoms with Gasteiger partial charge in [-0.1, -0.05) is 48.5 Å². The summed E-state index contributed by atoms with van der Waals surface area (Å²) >= 11 is 0. The minimum absolute atomic E-state index is 0.222. The van der Waals surface area contributed by atoms with E-state index in [4.69, 9.17) is 9.47 Å². The standard InChI is InChI=1S/C29H27N5O5/c1-2-38-27(36)22-18-32-34-24(30-16-19-8-4-3-5-9-19)21(17-31-25(22)34)26(35)33-14-12-29(13-15-33)23-11-7-6-10-20(23)28(37)39-29/h3-11,17-18,30H,2,12-16H2,1H3. The van der Waals surface area contributed by atoms with E-state index in [9.17, 15) is 14.4 Å². The van der Waals surface area contributed by atoms with Crippen molar-refractivity contribution in [1.29, 1.82) is 0 Å². The molecule has 6 rings (SSSR count). The molecule has 1 saturated heterocycles. The van der Waals surface area contributed by atoms with Crippen molar-refractivity contribution in [1.82, 2.24) is 19.5 Å². The van der Waals surface area contributed by atoms with Gasteiger partial charge in [-0.2, -0.15) is 9.61 Å². The first-order chi connectivity index (χ1) is 19.0. The average Bonchev–Trinajstić information content (AvgIpc) is 3.52. The molecular weight excluding hydrogens is 498 g/mol. The van der Waals surface area contributed by atoms with Crippen molar-refractivity contribution in [2.75, 3.05) is 25.0 Å². The molecule has 4 aromatic rings. The summed E-state index contributed by atoms with van der Waals surface area (Å²) in [5.41, 5.74) is 2.64. The molecule has 0 bridgehead atoms.